The van der Waals surface area contributed by atoms with Crippen LogP contribution >= 0.6 is 0 Å². The third kappa shape index (κ3) is 6.65. The summed E-state index contributed by atoms with van der Waals surface area (Å²) in [5.41, 5.74) is 0. The first-order valence-electron chi connectivity index (χ1n) is 9.14. The Morgan fingerprint density at radius 2 is 1.71 bits per heavy atom. The highest BCUT2D eigenvalue weighted by molar-refractivity contribution is 6.08. The molecule has 1 N–H and O–H groups in total. The lowest BCUT2D eigenvalue weighted by atomic mass is 9.93. The van der Waals surface area contributed by atoms with Crippen LogP contribution < -0.4 is 5.32 Å². The molecule has 0 spiro atoms. The third-order valence-electron chi connectivity index (χ3n) is 4.50. The van der Waals surface area contributed by atoms with Crippen LogP contribution in [-0.2, 0) is 14.4 Å². The summed E-state index contributed by atoms with van der Waals surface area (Å²) in [6.45, 7) is 2.12. The molecular weight excluding hydrogens is 316 g/mol. The van der Waals surface area contributed by atoms with Gasteiger partial charge in [0.25, 0.3) is 5.91 Å². The van der Waals surface area contributed by atoms with Crippen molar-refractivity contribution < 1.29 is 23.2 Å². The maximum absolute atomic E-state index is 13.9. The fourth-order valence-corrected chi connectivity index (χ4v) is 2.91. The number of rotatable bonds is 11. The van der Waals surface area contributed by atoms with Gasteiger partial charge in [-0.3, -0.25) is 14.4 Å². The fourth-order valence-electron chi connectivity index (χ4n) is 2.91. The molecule has 0 saturated heterocycles. The SMILES string of the molecule is CCCCCCCCCC(=O)C(F)(F)C(=O)NC1CCCCC1=O. The van der Waals surface area contributed by atoms with E-state index in [1.54, 1.807) is 0 Å². The predicted molar refractivity (Wildman–Crippen MR) is 88.0 cm³/mol. The van der Waals surface area contributed by atoms with E-state index in [2.05, 4.69) is 12.2 Å². The average Bonchev–Trinajstić information content (AvgIpc) is 2.55. The summed E-state index contributed by atoms with van der Waals surface area (Å²) in [5.74, 6) is -7.25. The smallest absolute Gasteiger partial charge is 0.341 e. The van der Waals surface area contributed by atoms with Crippen molar-refractivity contribution in [1.29, 1.82) is 0 Å². The molecule has 6 heteroatoms. The first kappa shape index (κ1) is 20.7. The van der Waals surface area contributed by atoms with E-state index in [1.165, 1.54) is 0 Å². The van der Waals surface area contributed by atoms with E-state index in [4.69, 9.17) is 0 Å². The molecule has 0 aromatic heterocycles. The van der Waals surface area contributed by atoms with Crippen LogP contribution in [0.5, 0.6) is 0 Å². The van der Waals surface area contributed by atoms with Gasteiger partial charge in [-0.1, -0.05) is 51.9 Å². The summed E-state index contributed by atoms with van der Waals surface area (Å²) in [6, 6.07) is -0.872. The highest BCUT2D eigenvalue weighted by Crippen LogP contribution is 2.21. The molecule has 1 unspecified atom stereocenters. The van der Waals surface area contributed by atoms with Gasteiger partial charge in [0, 0.05) is 12.8 Å². The molecular formula is C18H29F2NO3. The molecule has 1 saturated carbocycles. The van der Waals surface area contributed by atoms with Crippen LogP contribution in [0, 0.1) is 0 Å². The van der Waals surface area contributed by atoms with Crippen LogP contribution in [0.3, 0.4) is 0 Å². The van der Waals surface area contributed by atoms with Crippen molar-refractivity contribution in [3.63, 3.8) is 0 Å². The van der Waals surface area contributed by atoms with Crippen LogP contribution in [0.25, 0.3) is 0 Å². The molecule has 1 rings (SSSR count). The van der Waals surface area contributed by atoms with Gasteiger partial charge in [0.1, 0.15) is 0 Å². The average molecular weight is 345 g/mol. The molecule has 0 aromatic carbocycles. The van der Waals surface area contributed by atoms with Gasteiger partial charge in [-0.25, -0.2) is 0 Å². The second-order valence-electron chi connectivity index (χ2n) is 6.61. The summed E-state index contributed by atoms with van der Waals surface area (Å²) in [4.78, 5) is 35.0. The molecule has 4 nitrogen and oxygen atoms in total. The number of hydrogen-bond acceptors (Lipinski definition) is 3. The quantitative estimate of drug-likeness (QED) is 0.455. The monoisotopic (exact) mass is 345 g/mol. The number of Topliss-reactive ketones (excluding diaryl/α,β-unsaturated/α-hetero) is 2. The number of carbonyl (C=O) groups is 3. The maximum Gasteiger partial charge on any atom is 0.381 e. The standard InChI is InChI=1S/C18H29F2NO3/c1-2-3-4-5-6-7-8-13-16(23)18(19,20)17(24)21-14-11-9-10-12-15(14)22/h14H,2-13H2,1H3,(H,21,24). The highest BCUT2D eigenvalue weighted by atomic mass is 19.3. The van der Waals surface area contributed by atoms with E-state index in [-0.39, 0.29) is 12.2 Å². The van der Waals surface area contributed by atoms with Crippen molar-refractivity contribution in [2.45, 2.75) is 95.9 Å². The highest BCUT2D eigenvalue weighted by Gasteiger charge is 2.47. The van der Waals surface area contributed by atoms with Gasteiger partial charge in [-0.2, -0.15) is 8.78 Å². The number of hydrogen-bond donors (Lipinski definition) is 1. The van der Waals surface area contributed by atoms with E-state index in [0.29, 0.717) is 32.1 Å². The Morgan fingerprint density at radius 1 is 1.08 bits per heavy atom. The lowest BCUT2D eigenvalue weighted by Gasteiger charge is -2.23. The second-order valence-corrected chi connectivity index (χ2v) is 6.61. The van der Waals surface area contributed by atoms with Crippen molar-refractivity contribution in [2.24, 2.45) is 0 Å². The predicted octanol–water partition coefficient (Wildman–Crippen LogP) is 3.96. The molecule has 1 fully saturated rings. The van der Waals surface area contributed by atoms with E-state index in [0.717, 1.165) is 38.5 Å². The number of halogens is 2. The van der Waals surface area contributed by atoms with Crippen LogP contribution in [0.2, 0.25) is 0 Å². The van der Waals surface area contributed by atoms with Gasteiger partial charge < -0.3 is 5.32 Å². The first-order valence-corrected chi connectivity index (χ1v) is 9.14. The minimum Gasteiger partial charge on any atom is -0.341 e. The number of carbonyl (C=O) groups excluding carboxylic acids is 3. The zero-order valence-corrected chi connectivity index (χ0v) is 14.5. The number of alkyl halides is 2. The van der Waals surface area contributed by atoms with Crippen LogP contribution in [-0.4, -0.2) is 29.4 Å². The van der Waals surface area contributed by atoms with Crippen molar-refractivity contribution in [3.05, 3.63) is 0 Å². The lowest BCUT2D eigenvalue weighted by molar-refractivity contribution is -0.159. The first-order chi connectivity index (χ1) is 11.4. The molecule has 0 radical (unpaired) electrons. The van der Waals surface area contributed by atoms with Gasteiger partial charge in [0.05, 0.1) is 6.04 Å². The molecule has 0 heterocycles. The molecule has 24 heavy (non-hydrogen) atoms. The number of nitrogens with one attached hydrogen (secondary N) is 1. The van der Waals surface area contributed by atoms with Crippen LogP contribution in [0.1, 0.15) is 84.0 Å². The molecule has 0 bridgehead atoms. The topological polar surface area (TPSA) is 63.2 Å². The summed E-state index contributed by atoms with van der Waals surface area (Å²) in [5, 5.41) is 2.06. The normalized spacial score (nSPS) is 18.5. The number of ketones is 2. The zero-order chi connectivity index (χ0) is 18.0. The Hall–Kier alpha value is -1.33. The maximum atomic E-state index is 13.9. The summed E-state index contributed by atoms with van der Waals surface area (Å²) >= 11 is 0. The van der Waals surface area contributed by atoms with Gasteiger partial charge in [0.15, 0.2) is 5.78 Å². The van der Waals surface area contributed by atoms with Crippen LogP contribution in [0.4, 0.5) is 8.78 Å². The Labute approximate surface area is 142 Å². The fraction of sp³-hybridized carbons (Fsp3) is 0.833. The van der Waals surface area contributed by atoms with E-state index >= 15 is 0 Å². The van der Waals surface area contributed by atoms with E-state index in [1.807, 2.05) is 0 Å². The molecule has 0 aromatic rings. The molecule has 1 atom stereocenters. The molecule has 1 amide bonds. The minimum atomic E-state index is -4.04. The summed E-state index contributed by atoms with van der Waals surface area (Å²) in [7, 11) is 0. The van der Waals surface area contributed by atoms with Gasteiger partial charge >= 0.3 is 5.92 Å². The molecule has 1 aliphatic carbocycles. The Morgan fingerprint density at radius 3 is 2.33 bits per heavy atom. The van der Waals surface area contributed by atoms with Crippen molar-refractivity contribution in [1.82, 2.24) is 5.32 Å². The van der Waals surface area contributed by atoms with E-state index < -0.39 is 23.7 Å². The van der Waals surface area contributed by atoms with Gasteiger partial charge in [0.2, 0.25) is 5.78 Å². The summed E-state index contributed by atoms with van der Waals surface area (Å²) in [6.07, 6.45) is 8.28. The molecule has 138 valence electrons. The minimum absolute atomic E-state index is 0.232. The third-order valence-corrected chi connectivity index (χ3v) is 4.50. The summed E-state index contributed by atoms with van der Waals surface area (Å²) < 4.78 is 27.8. The molecule has 1 aliphatic rings. The van der Waals surface area contributed by atoms with Gasteiger partial charge in [-0.05, 0) is 19.3 Å². The van der Waals surface area contributed by atoms with Crippen molar-refractivity contribution in [3.8, 4) is 0 Å². The zero-order valence-electron chi connectivity index (χ0n) is 14.5. The Balaban J connectivity index is 2.32. The molecule has 0 aliphatic heterocycles. The van der Waals surface area contributed by atoms with Gasteiger partial charge in [-0.15, -0.1) is 0 Å². The number of unbranched alkanes of at least 4 members (excludes halogenated alkanes) is 6. The van der Waals surface area contributed by atoms with Crippen molar-refractivity contribution in [2.75, 3.05) is 0 Å². The Bertz CT molecular complexity index is 438. The largest absolute Gasteiger partial charge is 0.381 e. The lowest BCUT2D eigenvalue weighted by Crippen LogP contribution is -2.52. The van der Waals surface area contributed by atoms with Crippen molar-refractivity contribution >= 4 is 17.5 Å². The number of amides is 1. The second kappa shape index (κ2) is 10.5. The Kier molecular flexibility index (Phi) is 9.08. The van der Waals surface area contributed by atoms with Crippen LogP contribution in [0.15, 0.2) is 0 Å². The van der Waals surface area contributed by atoms with E-state index in [9.17, 15) is 23.2 Å².